The molecule has 2 N–H and O–H groups in total. The number of fused-ring (bicyclic) bond motifs is 1. The first-order chi connectivity index (χ1) is 8.39. The fourth-order valence-corrected chi connectivity index (χ4v) is 2.00. The van der Waals surface area contributed by atoms with Gasteiger partial charge in [-0.15, -0.1) is 0 Å². The molecule has 96 valence electrons. The number of amides is 1. The zero-order valence-corrected chi connectivity index (χ0v) is 11.4. The molecule has 0 unspecified atom stereocenters. The molecule has 1 heterocycles. The van der Waals surface area contributed by atoms with Gasteiger partial charge in [0.2, 0.25) is 5.91 Å². The molecule has 0 atom stereocenters. The second-order valence-corrected chi connectivity index (χ2v) is 5.71. The number of nitrogens with one attached hydrogen (secondary N) is 2. The van der Waals surface area contributed by atoms with Gasteiger partial charge in [-0.2, -0.15) is 0 Å². The molecule has 0 fully saturated rings. The Morgan fingerprint density at radius 2 is 1.94 bits per heavy atom. The number of hydrogen-bond acceptors (Lipinski definition) is 1. The molecule has 0 radical (unpaired) electrons. The summed E-state index contributed by atoms with van der Waals surface area (Å²) in [6.07, 6.45) is 0. The topological polar surface area (TPSA) is 44.9 Å². The Balaban J connectivity index is 2.22. The number of carbonyl (C=O) groups excluding carboxylic acids is 1. The minimum atomic E-state index is -0.347. The Hall–Kier alpha value is -1.77. The van der Waals surface area contributed by atoms with Gasteiger partial charge in [0.25, 0.3) is 0 Å². The summed E-state index contributed by atoms with van der Waals surface area (Å²) in [5, 5.41) is 4.18. The predicted molar refractivity (Wildman–Crippen MR) is 74.3 cm³/mol. The van der Waals surface area contributed by atoms with Gasteiger partial charge < -0.3 is 10.3 Å². The third-order valence-electron chi connectivity index (χ3n) is 3.13. The van der Waals surface area contributed by atoms with E-state index in [1.54, 1.807) is 0 Å². The quantitative estimate of drug-likeness (QED) is 0.837. The van der Waals surface area contributed by atoms with Crippen molar-refractivity contribution in [2.45, 2.75) is 34.2 Å². The van der Waals surface area contributed by atoms with Crippen molar-refractivity contribution in [1.82, 2.24) is 10.3 Å². The van der Waals surface area contributed by atoms with Gasteiger partial charge in [-0.05, 0) is 18.6 Å². The predicted octanol–water partition coefficient (Wildman–Crippen LogP) is 3.14. The third-order valence-corrected chi connectivity index (χ3v) is 3.13. The van der Waals surface area contributed by atoms with E-state index in [1.807, 2.05) is 39.8 Å². The third kappa shape index (κ3) is 2.40. The number of benzene rings is 1. The van der Waals surface area contributed by atoms with Crippen molar-refractivity contribution < 1.29 is 4.79 Å². The number of carbonyl (C=O) groups is 1. The smallest absolute Gasteiger partial charge is 0.225 e. The summed E-state index contributed by atoms with van der Waals surface area (Å²) < 4.78 is 0. The molecule has 0 aliphatic rings. The number of aromatic amines is 1. The number of para-hydroxylation sites is 1. The first-order valence-corrected chi connectivity index (χ1v) is 6.24. The van der Waals surface area contributed by atoms with Crippen LogP contribution in [0.1, 0.15) is 32.0 Å². The van der Waals surface area contributed by atoms with E-state index in [-0.39, 0.29) is 11.3 Å². The zero-order chi connectivity index (χ0) is 13.3. The molecule has 1 aromatic heterocycles. The fraction of sp³-hybridized carbons (Fsp3) is 0.400. The van der Waals surface area contributed by atoms with Gasteiger partial charge in [-0.1, -0.05) is 39.0 Å². The maximum atomic E-state index is 11.9. The highest BCUT2D eigenvalue weighted by atomic mass is 16.2. The molecular weight excluding hydrogens is 224 g/mol. The van der Waals surface area contributed by atoms with Gasteiger partial charge in [-0.3, -0.25) is 4.79 Å². The van der Waals surface area contributed by atoms with Crippen molar-refractivity contribution in [3.8, 4) is 0 Å². The molecule has 0 aliphatic heterocycles. The summed E-state index contributed by atoms with van der Waals surface area (Å²) in [6, 6.07) is 8.16. The molecule has 3 nitrogen and oxygen atoms in total. The number of H-pyrrole nitrogens is 1. The molecule has 0 saturated carbocycles. The maximum Gasteiger partial charge on any atom is 0.225 e. The van der Waals surface area contributed by atoms with Crippen LogP contribution in [0.4, 0.5) is 0 Å². The molecule has 0 aliphatic carbocycles. The van der Waals surface area contributed by atoms with E-state index in [0.29, 0.717) is 6.54 Å². The van der Waals surface area contributed by atoms with Crippen LogP contribution < -0.4 is 5.32 Å². The zero-order valence-electron chi connectivity index (χ0n) is 11.4. The minimum Gasteiger partial charge on any atom is -0.358 e. The first-order valence-electron chi connectivity index (χ1n) is 6.24. The van der Waals surface area contributed by atoms with Gasteiger partial charge >= 0.3 is 0 Å². The summed E-state index contributed by atoms with van der Waals surface area (Å²) in [5.41, 5.74) is 3.06. The standard InChI is InChI=1S/C15H20N2O/c1-10-12(9-16-14(18)15(2,3)4)11-7-5-6-8-13(11)17-10/h5-8,17H,9H2,1-4H3,(H,16,18). The van der Waals surface area contributed by atoms with E-state index in [4.69, 9.17) is 0 Å². The minimum absolute atomic E-state index is 0.0761. The summed E-state index contributed by atoms with van der Waals surface area (Å²) in [6.45, 7) is 8.38. The van der Waals surface area contributed by atoms with E-state index < -0.39 is 0 Å². The van der Waals surface area contributed by atoms with Gasteiger partial charge in [0.05, 0.1) is 0 Å². The molecule has 1 aromatic carbocycles. The Labute approximate surface area is 108 Å². The molecule has 2 rings (SSSR count). The van der Waals surface area contributed by atoms with E-state index >= 15 is 0 Å². The normalized spacial score (nSPS) is 11.8. The highest BCUT2D eigenvalue weighted by Crippen LogP contribution is 2.22. The molecule has 1 amide bonds. The summed E-state index contributed by atoms with van der Waals surface area (Å²) in [4.78, 5) is 15.2. The van der Waals surface area contributed by atoms with Crippen molar-refractivity contribution in [3.63, 3.8) is 0 Å². The van der Waals surface area contributed by atoms with Gasteiger partial charge in [-0.25, -0.2) is 0 Å². The lowest BCUT2D eigenvalue weighted by Crippen LogP contribution is -2.34. The van der Waals surface area contributed by atoms with Crippen LogP contribution in [-0.2, 0) is 11.3 Å². The molecule has 0 spiro atoms. The highest BCUT2D eigenvalue weighted by Gasteiger charge is 2.21. The molecule has 3 heteroatoms. The monoisotopic (exact) mass is 244 g/mol. The summed E-state index contributed by atoms with van der Waals surface area (Å²) in [7, 11) is 0. The van der Waals surface area contributed by atoms with E-state index in [0.717, 1.165) is 11.2 Å². The lowest BCUT2D eigenvalue weighted by atomic mass is 9.95. The van der Waals surface area contributed by atoms with Crippen molar-refractivity contribution in [1.29, 1.82) is 0 Å². The lowest BCUT2D eigenvalue weighted by molar-refractivity contribution is -0.128. The largest absolute Gasteiger partial charge is 0.358 e. The van der Waals surface area contributed by atoms with Gasteiger partial charge in [0.1, 0.15) is 0 Å². The first kappa shape index (κ1) is 12.7. The molecule has 0 saturated heterocycles. The number of hydrogen-bond donors (Lipinski definition) is 2. The second kappa shape index (κ2) is 4.48. The van der Waals surface area contributed by atoms with Crippen LogP contribution in [0.3, 0.4) is 0 Å². The van der Waals surface area contributed by atoms with Crippen molar-refractivity contribution in [2.24, 2.45) is 5.41 Å². The van der Waals surface area contributed by atoms with Crippen molar-refractivity contribution in [2.75, 3.05) is 0 Å². The van der Waals surface area contributed by atoms with Crippen molar-refractivity contribution >= 4 is 16.8 Å². The van der Waals surface area contributed by atoms with Crippen molar-refractivity contribution in [3.05, 3.63) is 35.5 Å². The molecular formula is C15H20N2O. The Bertz CT molecular complexity index is 576. The average molecular weight is 244 g/mol. The van der Waals surface area contributed by atoms with Gasteiger partial charge in [0.15, 0.2) is 0 Å². The molecule has 2 aromatic rings. The Morgan fingerprint density at radius 3 is 2.61 bits per heavy atom. The lowest BCUT2D eigenvalue weighted by Gasteiger charge is -2.17. The SMILES string of the molecule is Cc1[nH]c2ccccc2c1CNC(=O)C(C)(C)C. The summed E-state index contributed by atoms with van der Waals surface area (Å²) >= 11 is 0. The van der Waals surface area contributed by atoms with Crippen LogP contribution in [0.25, 0.3) is 10.9 Å². The second-order valence-electron chi connectivity index (χ2n) is 5.71. The fourth-order valence-electron chi connectivity index (χ4n) is 2.00. The molecule has 0 bridgehead atoms. The summed E-state index contributed by atoms with van der Waals surface area (Å²) in [5.74, 6) is 0.0761. The van der Waals surface area contributed by atoms with E-state index in [9.17, 15) is 4.79 Å². The highest BCUT2D eigenvalue weighted by molar-refractivity contribution is 5.86. The van der Waals surface area contributed by atoms with Crippen LogP contribution in [0, 0.1) is 12.3 Å². The Kier molecular flexibility index (Phi) is 3.16. The van der Waals surface area contributed by atoms with E-state index in [2.05, 4.69) is 22.4 Å². The number of aryl methyl sites for hydroxylation is 1. The van der Waals surface area contributed by atoms with Crippen LogP contribution in [0.2, 0.25) is 0 Å². The van der Waals surface area contributed by atoms with E-state index in [1.165, 1.54) is 10.9 Å². The number of rotatable bonds is 2. The van der Waals surface area contributed by atoms with Crippen LogP contribution >= 0.6 is 0 Å². The van der Waals surface area contributed by atoms with Gasteiger partial charge in [0, 0.05) is 28.6 Å². The molecule has 18 heavy (non-hydrogen) atoms. The van der Waals surface area contributed by atoms with Crippen LogP contribution in [-0.4, -0.2) is 10.9 Å². The maximum absolute atomic E-state index is 11.9. The van der Waals surface area contributed by atoms with Crippen LogP contribution in [0.15, 0.2) is 24.3 Å². The average Bonchev–Trinajstić information content (AvgIpc) is 2.60. The van der Waals surface area contributed by atoms with Crippen LogP contribution in [0.5, 0.6) is 0 Å². The Morgan fingerprint density at radius 1 is 1.28 bits per heavy atom. The number of aromatic nitrogens is 1.